The van der Waals surface area contributed by atoms with Crippen molar-refractivity contribution in [3.63, 3.8) is 0 Å². The molecule has 1 aromatic heterocycles. The topological polar surface area (TPSA) is 145 Å². The normalized spacial score (nSPS) is 20.0. The minimum atomic E-state index is -1.57. The fraction of sp³-hybridized carbons (Fsp3) is 0.333. The van der Waals surface area contributed by atoms with Crippen molar-refractivity contribution < 1.29 is 38.6 Å². The van der Waals surface area contributed by atoms with E-state index in [1.807, 2.05) is 54.6 Å². The van der Waals surface area contributed by atoms with Gasteiger partial charge in [0, 0.05) is 29.5 Å². The molecule has 0 spiro atoms. The number of carbonyl (C=O) groups excluding carboxylic acids is 4. The minimum absolute atomic E-state index is 0.0455. The molecular formula is C42H41N3O8S2. The van der Waals surface area contributed by atoms with Gasteiger partial charge < -0.3 is 19.4 Å². The molecule has 1 fully saturated rings. The van der Waals surface area contributed by atoms with Crippen LogP contribution in [0.25, 0.3) is 0 Å². The van der Waals surface area contributed by atoms with Crippen LogP contribution in [0.4, 0.5) is 0 Å². The van der Waals surface area contributed by atoms with Crippen LogP contribution < -0.4 is 0 Å². The van der Waals surface area contributed by atoms with Crippen molar-refractivity contribution in [2.45, 2.75) is 75.7 Å². The van der Waals surface area contributed by atoms with E-state index in [4.69, 9.17) is 19.3 Å². The number of benzene rings is 3. The highest BCUT2D eigenvalue weighted by Gasteiger charge is 2.57. The quantitative estimate of drug-likeness (QED) is 0.0582. The largest absolute Gasteiger partial charge is 0.457 e. The number of carbonyl (C=O) groups is 4. The number of fused-ring (bicyclic) bond motifs is 2. The number of ketones is 1. The molecule has 0 saturated carbocycles. The van der Waals surface area contributed by atoms with Crippen LogP contribution in [0.2, 0.25) is 0 Å². The Morgan fingerprint density at radius 2 is 1.47 bits per heavy atom. The number of nitrogens with zero attached hydrogens (tertiary/aromatic N) is 3. The predicted octanol–water partition coefficient (Wildman–Crippen LogP) is 6.18. The lowest BCUT2D eigenvalue weighted by molar-refractivity contribution is -0.179. The molecule has 0 aliphatic carbocycles. The number of rotatable bonds is 12. The first-order valence-corrected chi connectivity index (χ1v) is 19.8. The van der Waals surface area contributed by atoms with E-state index < -0.39 is 57.8 Å². The van der Waals surface area contributed by atoms with Gasteiger partial charge >= 0.3 is 11.9 Å². The Kier molecular flexibility index (Phi) is 10.3. The Hall–Kier alpha value is -5.11. The van der Waals surface area contributed by atoms with Crippen LogP contribution in [0.1, 0.15) is 68.4 Å². The highest BCUT2D eigenvalue weighted by atomic mass is 32.2. The first kappa shape index (κ1) is 38.2. The molecule has 284 valence electrons. The van der Waals surface area contributed by atoms with Crippen LogP contribution in [0.5, 0.6) is 0 Å². The monoisotopic (exact) mass is 779 g/mol. The summed E-state index contributed by atoms with van der Waals surface area (Å²) in [5.41, 5.74) is 0.642. The van der Waals surface area contributed by atoms with Gasteiger partial charge in [0.05, 0.1) is 21.7 Å². The fourth-order valence-electron chi connectivity index (χ4n) is 7.02. The predicted molar refractivity (Wildman–Crippen MR) is 208 cm³/mol. The maximum Gasteiger partial charge on any atom is 0.357 e. The standard InChI is InChI=1S/C42H41N3O8S2/c1-40(2,3)52-39(50)41(4,5)53-44-33(31(46)21-28-35(47)45-34-29(23-55-36(28)45)37(48)51-38(34)49)30-24-54-32(43-30)22-42(25-15-9-6-10-16-25,26-17-11-7-12-18-26)27-19-13-8-14-20-27/h6-20,24,28,36-37,48H,21-23H2,1-5H3/b44-33-/t28-,36-,37?/m1/s1. The summed E-state index contributed by atoms with van der Waals surface area (Å²) in [5.74, 6) is -2.90. The van der Waals surface area contributed by atoms with Gasteiger partial charge in [-0.05, 0) is 51.3 Å². The van der Waals surface area contributed by atoms with Crippen molar-refractivity contribution in [3.05, 3.63) is 135 Å². The number of hydrogen-bond donors (Lipinski definition) is 1. The van der Waals surface area contributed by atoms with Crippen LogP contribution in [-0.4, -0.2) is 72.9 Å². The number of cyclic esters (lactones) is 1. The van der Waals surface area contributed by atoms with Gasteiger partial charge in [0.1, 0.15) is 17.0 Å². The average Bonchev–Trinajstić information content (AvgIpc) is 3.74. The van der Waals surface area contributed by atoms with E-state index in [0.29, 0.717) is 17.0 Å². The SMILES string of the molecule is CC(C)(C)OC(=O)C(C)(C)O/N=C(\C(=O)C[C@@H]1C(=O)N2C3=C(CS[C@H]12)C(O)OC3=O)c1csc(CC(c2ccccc2)(c2ccccc2)c2ccccc2)n1. The maximum absolute atomic E-state index is 14.3. The van der Waals surface area contributed by atoms with Gasteiger partial charge in [0.2, 0.25) is 17.8 Å². The van der Waals surface area contributed by atoms with Crippen LogP contribution in [-0.2, 0) is 45.3 Å². The summed E-state index contributed by atoms with van der Waals surface area (Å²) in [6, 6.07) is 30.6. The van der Waals surface area contributed by atoms with Gasteiger partial charge in [-0.25, -0.2) is 14.6 Å². The molecule has 1 amide bonds. The van der Waals surface area contributed by atoms with E-state index in [1.165, 1.54) is 41.8 Å². The number of aromatic nitrogens is 1. The molecular weight excluding hydrogens is 739 g/mol. The Morgan fingerprint density at radius 3 is 2.02 bits per heavy atom. The molecule has 11 nitrogen and oxygen atoms in total. The Bertz CT molecular complexity index is 2080. The van der Waals surface area contributed by atoms with Crippen LogP contribution in [0.3, 0.4) is 0 Å². The number of amides is 1. The molecule has 1 N–H and O–H groups in total. The Morgan fingerprint density at radius 1 is 0.909 bits per heavy atom. The third-order valence-electron chi connectivity index (χ3n) is 9.75. The lowest BCUT2D eigenvalue weighted by Gasteiger charge is -2.48. The number of oxime groups is 1. The van der Waals surface area contributed by atoms with Crippen LogP contribution in [0.15, 0.2) is 113 Å². The second-order valence-corrected chi connectivity index (χ2v) is 17.2. The zero-order chi connectivity index (χ0) is 39.1. The van der Waals surface area contributed by atoms with Crippen molar-refractivity contribution in [1.29, 1.82) is 0 Å². The zero-order valence-electron chi connectivity index (χ0n) is 31.1. The highest BCUT2D eigenvalue weighted by molar-refractivity contribution is 8.00. The first-order valence-electron chi connectivity index (χ1n) is 17.9. The fourth-order valence-corrected chi connectivity index (χ4v) is 9.32. The molecule has 3 aliphatic rings. The van der Waals surface area contributed by atoms with Gasteiger partial charge in [0.25, 0.3) is 0 Å². The van der Waals surface area contributed by atoms with E-state index in [2.05, 4.69) is 41.6 Å². The molecule has 0 radical (unpaired) electrons. The summed E-state index contributed by atoms with van der Waals surface area (Å²) in [6.45, 7) is 8.22. The number of aliphatic hydroxyl groups is 1. The Labute approximate surface area is 327 Å². The van der Waals surface area contributed by atoms with Crippen molar-refractivity contribution in [1.82, 2.24) is 9.88 Å². The second kappa shape index (κ2) is 14.9. The Balaban J connectivity index is 1.24. The van der Waals surface area contributed by atoms with Crippen LogP contribution >= 0.6 is 23.1 Å². The van der Waals surface area contributed by atoms with Gasteiger partial charge in [-0.1, -0.05) is 96.2 Å². The molecule has 3 atom stereocenters. The number of aliphatic hydroxyl groups excluding tert-OH is 1. The molecule has 4 aromatic rings. The smallest absolute Gasteiger partial charge is 0.357 e. The summed E-state index contributed by atoms with van der Waals surface area (Å²) in [4.78, 5) is 65.5. The minimum Gasteiger partial charge on any atom is -0.457 e. The summed E-state index contributed by atoms with van der Waals surface area (Å²) in [6.07, 6.45) is -1.20. The van der Waals surface area contributed by atoms with Crippen LogP contribution in [0, 0.1) is 5.92 Å². The molecule has 7 rings (SSSR count). The number of thioether (sulfide) groups is 1. The van der Waals surface area contributed by atoms with Gasteiger partial charge in [0.15, 0.2) is 11.5 Å². The summed E-state index contributed by atoms with van der Waals surface area (Å²) in [7, 11) is 0. The second-order valence-electron chi connectivity index (χ2n) is 15.1. The number of hydrogen-bond acceptors (Lipinski definition) is 12. The molecule has 13 heteroatoms. The first-order chi connectivity index (χ1) is 26.2. The molecule has 0 bridgehead atoms. The van der Waals surface area contributed by atoms with Crippen molar-refractivity contribution in [2.24, 2.45) is 11.1 Å². The lowest BCUT2D eigenvalue weighted by atomic mass is 9.67. The summed E-state index contributed by atoms with van der Waals surface area (Å²) in [5, 5.41) is 16.4. The molecule has 55 heavy (non-hydrogen) atoms. The van der Waals surface area contributed by atoms with Gasteiger partial charge in [-0.2, -0.15) is 0 Å². The number of ether oxygens (including phenoxy) is 2. The van der Waals surface area contributed by atoms with E-state index in [1.54, 1.807) is 26.2 Å². The maximum atomic E-state index is 14.3. The summed E-state index contributed by atoms with van der Waals surface area (Å²) < 4.78 is 10.5. The third-order valence-corrected chi connectivity index (χ3v) is 12.0. The molecule has 3 aromatic carbocycles. The molecule has 3 aliphatic heterocycles. The third kappa shape index (κ3) is 7.36. The van der Waals surface area contributed by atoms with E-state index in [0.717, 1.165) is 16.7 Å². The number of Topliss-reactive ketones (excluding diaryl/α,β-unsaturated/α-hetero) is 1. The summed E-state index contributed by atoms with van der Waals surface area (Å²) >= 11 is 2.71. The number of esters is 2. The van der Waals surface area contributed by atoms with Gasteiger partial charge in [-0.15, -0.1) is 23.1 Å². The van der Waals surface area contributed by atoms with E-state index >= 15 is 0 Å². The lowest BCUT2D eigenvalue weighted by Crippen LogP contribution is -2.61. The van der Waals surface area contributed by atoms with Crippen molar-refractivity contribution in [3.8, 4) is 0 Å². The van der Waals surface area contributed by atoms with Gasteiger partial charge in [-0.3, -0.25) is 14.5 Å². The molecule has 1 unspecified atom stereocenters. The van der Waals surface area contributed by atoms with Crippen molar-refractivity contribution in [2.75, 3.05) is 5.75 Å². The highest BCUT2D eigenvalue weighted by Crippen LogP contribution is 2.48. The van der Waals surface area contributed by atoms with Crippen molar-refractivity contribution >= 4 is 52.4 Å². The number of β-lactam (4-membered cyclic amide) rings is 1. The molecule has 4 heterocycles. The average molecular weight is 780 g/mol. The number of thiazole rings is 1. The van der Waals surface area contributed by atoms with E-state index in [9.17, 15) is 24.3 Å². The zero-order valence-corrected chi connectivity index (χ0v) is 32.7. The van der Waals surface area contributed by atoms with E-state index in [-0.39, 0.29) is 29.3 Å². The molecule has 1 saturated heterocycles.